The van der Waals surface area contributed by atoms with E-state index in [4.69, 9.17) is 5.11 Å². The SMILES string of the molecule is CC(=O)OOc1cc(C(=O)O)cc(OOC(C)=O)c1OOC(C)=O. The average molecular weight is 344 g/mol. The molecule has 0 aliphatic rings. The Bertz CT molecular complexity index is 625. The lowest BCUT2D eigenvalue weighted by atomic mass is 10.2. The zero-order valence-electron chi connectivity index (χ0n) is 12.7. The van der Waals surface area contributed by atoms with E-state index < -0.39 is 46.7 Å². The molecule has 1 aromatic rings. The Morgan fingerprint density at radius 2 is 1.12 bits per heavy atom. The van der Waals surface area contributed by atoms with Gasteiger partial charge in [0.15, 0.2) is 0 Å². The molecule has 0 amide bonds. The molecule has 0 aliphatic heterocycles. The number of hydrogen-bond acceptors (Lipinski definition) is 10. The summed E-state index contributed by atoms with van der Waals surface area (Å²) in [6.45, 7) is 3.05. The first kappa shape index (κ1) is 18.5. The van der Waals surface area contributed by atoms with E-state index in [-0.39, 0.29) is 0 Å². The Kier molecular flexibility index (Phi) is 6.35. The fraction of sp³-hybridized carbons (Fsp3) is 0.231. The van der Waals surface area contributed by atoms with E-state index in [0.717, 1.165) is 32.9 Å². The van der Waals surface area contributed by atoms with Gasteiger partial charge in [0, 0.05) is 32.9 Å². The van der Waals surface area contributed by atoms with Gasteiger partial charge in [-0.2, -0.15) is 0 Å². The molecule has 0 saturated heterocycles. The number of carbonyl (C=O) groups excluding carboxylic acids is 3. The van der Waals surface area contributed by atoms with Crippen LogP contribution in [0.4, 0.5) is 0 Å². The quantitative estimate of drug-likeness (QED) is 0.557. The number of hydrogen-bond donors (Lipinski definition) is 1. The fourth-order valence-corrected chi connectivity index (χ4v) is 1.21. The van der Waals surface area contributed by atoms with Gasteiger partial charge in [-0.1, -0.05) is 0 Å². The van der Waals surface area contributed by atoms with Gasteiger partial charge in [0.05, 0.1) is 5.56 Å². The number of benzene rings is 1. The second-order valence-corrected chi connectivity index (χ2v) is 4.08. The van der Waals surface area contributed by atoms with Gasteiger partial charge in [0.25, 0.3) is 5.75 Å². The molecule has 1 N–H and O–H groups in total. The van der Waals surface area contributed by atoms with Crippen molar-refractivity contribution in [3.63, 3.8) is 0 Å². The minimum Gasteiger partial charge on any atom is -0.478 e. The van der Waals surface area contributed by atoms with Crippen molar-refractivity contribution in [1.29, 1.82) is 0 Å². The van der Waals surface area contributed by atoms with Crippen LogP contribution >= 0.6 is 0 Å². The zero-order valence-corrected chi connectivity index (χ0v) is 12.7. The third-order valence-electron chi connectivity index (χ3n) is 2.01. The van der Waals surface area contributed by atoms with E-state index in [9.17, 15) is 19.2 Å². The van der Waals surface area contributed by atoms with Gasteiger partial charge in [0.2, 0.25) is 11.5 Å². The molecule has 11 nitrogen and oxygen atoms in total. The predicted octanol–water partition coefficient (Wildman–Crippen LogP) is 0.956. The van der Waals surface area contributed by atoms with Gasteiger partial charge >= 0.3 is 23.9 Å². The summed E-state index contributed by atoms with van der Waals surface area (Å²) in [6, 6.07) is 1.79. The summed E-state index contributed by atoms with van der Waals surface area (Å²) in [4.78, 5) is 70.3. The highest BCUT2D eigenvalue weighted by Crippen LogP contribution is 2.39. The minimum atomic E-state index is -1.41. The number of aromatic carboxylic acids is 1. The van der Waals surface area contributed by atoms with E-state index >= 15 is 0 Å². The number of carboxylic acid groups (broad SMARTS) is 1. The summed E-state index contributed by atoms with van der Waals surface area (Å²) < 4.78 is 0. The lowest BCUT2D eigenvalue weighted by Gasteiger charge is -2.12. The molecule has 130 valence electrons. The molecule has 0 aliphatic carbocycles. The Morgan fingerprint density at radius 3 is 1.46 bits per heavy atom. The Labute approximate surface area is 134 Å². The van der Waals surface area contributed by atoms with E-state index in [2.05, 4.69) is 29.3 Å². The standard InChI is InChI=1S/C13H12O11/c1-6(14)19-22-10-4-9(13(17)18)5-11(23-20-7(2)15)12(10)24-21-8(3)16/h4-5H,1-3H3,(H,17,18). The summed E-state index contributed by atoms with van der Waals surface area (Å²) in [6.07, 6.45) is 0. The molecular formula is C13H12O11. The van der Waals surface area contributed by atoms with Crippen molar-refractivity contribution in [3.05, 3.63) is 17.7 Å². The minimum absolute atomic E-state index is 0.394. The van der Waals surface area contributed by atoms with Gasteiger partial charge in [-0.05, 0) is 0 Å². The molecule has 0 bridgehead atoms. The van der Waals surface area contributed by atoms with Crippen LogP contribution in [0.1, 0.15) is 31.1 Å². The number of carbonyl (C=O) groups is 4. The number of rotatable bonds is 7. The maximum atomic E-state index is 11.1. The van der Waals surface area contributed by atoms with Crippen molar-refractivity contribution < 1.29 is 53.6 Å². The topological polar surface area (TPSA) is 144 Å². The van der Waals surface area contributed by atoms with E-state index in [0.29, 0.717) is 0 Å². The fourth-order valence-electron chi connectivity index (χ4n) is 1.21. The lowest BCUT2D eigenvalue weighted by Crippen LogP contribution is -2.11. The van der Waals surface area contributed by atoms with Crippen molar-refractivity contribution in [2.75, 3.05) is 0 Å². The largest absolute Gasteiger partial charge is 0.478 e. The molecule has 0 aromatic heterocycles. The Hall–Kier alpha value is -3.50. The van der Waals surface area contributed by atoms with Crippen molar-refractivity contribution in [3.8, 4) is 17.2 Å². The second kappa shape index (κ2) is 8.22. The molecule has 24 heavy (non-hydrogen) atoms. The first-order valence-electron chi connectivity index (χ1n) is 6.17. The second-order valence-electron chi connectivity index (χ2n) is 4.08. The predicted molar refractivity (Wildman–Crippen MR) is 70.6 cm³/mol. The van der Waals surface area contributed by atoms with Gasteiger partial charge in [0.1, 0.15) is 0 Å². The normalized spacial score (nSPS) is 9.46. The number of carboxylic acids is 1. The van der Waals surface area contributed by atoms with Gasteiger partial charge < -0.3 is 5.11 Å². The van der Waals surface area contributed by atoms with Crippen LogP contribution in [0.25, 0.3) is 0 Å². The van der Waals surface area contributed by atoms with Crippen molar-refractivity contribution in [2.45, 2.75) is 20.8 Å². The summed E-state index contributed by atoms with van der Waals surface area (Å²) in [5.41, 5.74) is -0.394. The summed E-state index contributed by atoms with van der Waals surface area (Å²) in [5, 5.41) is 9.04. The molecule has 0 fully saturated rings. The maximum absolute atomic E-state index is 11.1. The monoisotopic (exact) mass is 344 g/mol. The van der Waals surface area contributed by atoms with Crippen molar-refractivity contribution in [2.24, 2.45) is 0 Å². The molecule has 0 heterocycles. The summed E-state index contributed by atoms with van der Waals surface area (Å²) in [5.74, 6) is -5.50. The van der Waals surface area contributed by atoms with E-state index in [1.165, 1.54) is 0 Å². The van der Waals surface area contributed by atoms with Crippen LogP contribution in [0.15, 0.2) is 12.1 Å². The van der Waals surface area contributed by atoms with Crippen LogP contribution in [0.5, 0.6) is 17.2 Å². The van der Waals surface area contributed by atoms with Gasteiger partial charge in [-0.25, -0.2) is 19.2 Å². The molecule has 1 aromatic carbocycles. The molecular weight excluding hydrogens is 332 g/mol. The highest BCUT2D eigenvalue weighted by Gasteiger charge is 2.24. The van der Waals surface area contributed by atoms with Crippen molar-refractivity contribution >= 4 is 23.9 Å². The highest BCUT2D eigenvalue weighted by atomic mass is 17.2. The van der Waals surface area contributed by atoms with Gasteiger partial charge in [-0.15, -0.1) is 0 Å². The first-order valence-corrected chi connectivity index (χ1v) is 6.17. The third kappa shape index (κ3) is 5.71. The summed E-state index contributed by atoms with van der Waals surface area (Å²) >= 11 is 0. The molecule has 1 rings (SSSR count). The third-order valence-corrected chi connectivity index (χ3v) is 2.01. The van der Waals surface area contributed by atoms with Crippen LogP contribution in [0, 0.1) is 0 Å². The highest BCUT2D eigenvalue weighted by molar-refractivity contribution is 5.89. The van der Waals surface area contributed by atoms with Crippen LogP contribution in [0.2, 0.25) is 0 Å². The van der Waals surface area contributed by atoms with E-state index in [1.807, 2.05) is 0 Å². The van der Waals surface area contributed by atoms with Gasteiger partial charge in [-0.3, -0.25) is 29.3 Å². The Morgan fingerprint density at radius 1 is 0.750 bits per heavy atom. The van der Waals surface area contributed by atoms with Crippen molar-refractivity contribution in [1.82, 2.24) is 0 Å². The van der Waals surface area contributed by atoms with Crippen LogP contribution in [-0.2, 0) is 29.0 Å². The average Bonchev–Trinajstić information content (AvgIpc) is 2.48. The smallest absolute Gasteiger partial charge is 0.352 e. The molecule has 0 spiro atoms. The summed E-state index contributed by atoms with van der Waals surface area (Å²) in [7, 11) is 0. The first-order chi connectivity index (χ1) is 11.2. The molecule has 11 heteroatoms. The molecule has 0 atom stereocenters. The van der Waals surface area contributed by atoms with Crippen LogP contribution in [-0.4, -0.2) is 29.0 Å². The zero-order chi connectivity index (χ0) is 18.3. The van der Waals surface area contributed by atoms with Crippen LogP contribution < -0.4 is 14.7 Å². The lowest BCUT2D eigenvalue weighted by molar-refractivity contribution is -0.230. The molecule has 0 saturated carbocycles. The van der Waals surface area contributed by atoms with E-state index in [1.54, 1.807) is 0 Å². The Balaban J connectivity index is 3.30. The molecule has 0 unspecified atom stereocenters. The van der Waals surface area contributed by atoms with Crippen LogP contribution in [0.3, 0.4) is 0 Å². The maximum Gasteiger partial charge on any atom is 0.352 e. The molecule has 0 radical (unpaired) electrons.